The first-order valence-corrected chi connectivity index (χ1v) is 7.08. The van der Waals surface area contributed by atoms with Crippen LogP contribution in [-0.2, 0) is 9.59 Å². The molecule has 18 heavy (non-hydrogen) atoms. The Morgan fingerprint density at radius 2 is 2.00 bits per heavy atom. The molecule has 0 aliphatic heterocycles. The van der Waals surface area contributed by atoms with Gasteiger partial charge in [0.05, 0.1) is 5.92 Å². The van der Waals surface area contributed by atoms with Gasteiger partial charge in [-0.25, -0.2) is 0 Å². The summed E-state index contributed by atoms with van der Waals surface area (Å²) in [6.07, 6.45) is 3.58. The van der Waals surface area contributed by atoms with Crippen molar-refractivity contribution in [3.8, 4) is 0 Å². The van der Waals surface area contributed by atoms with Gasteiger partial charge >= 0.3 is 5.97 Å². The fraction of sp³-hybridized carbons (Fsp3) is 0.867. The lowest BCUT2D eigenvalue weighted by atomic mass is 9.68. The van der Waals surface area contributed by atoms with Gasteiger partial charge < -0.3 is 5.11 Å². The average Bonchev–Trinajstić information content (AvgIpc) is 2.79. The summed E-state index contributed by atoms with van der Waals surface area (Å²) in [5.41, 5.74) is -0.241. The number of carbonyl (C=O) groups excluding carboxylic acids is 1. The molecule has 1 spiro atoms. The Hall–Kier alpha value is -0.860. The van der Waals surface area contributed by atoms with E-state index in [-0.39, 0.29) is 28.6 Å². The van der Waals surface area contributed by atoms with Crippen molar-refractivity contribution < 1.29 is 14.7 Å². The van der Waals surface area contributed by atoms with Gasteiger partial charge in [0.2, 0.25) is 0 Å². The predicted molar refractivity (Wildman–Crippen MR) is 67.0 cm³/mol. The average molecular weight is 250 g/mol. The predicted octanol–water partition coefficient (Wildman–Crippen LogP) is 2.74. The van der Waals surface area contributed by atoms with E-state index in [1.807, 2.05) is 13.8 Å². The van der Waals surface area contributed by atoms with E-state index >= 15 is 0 Å². The lowest BCUT2D eigenvalue weighted by Crippen LogP contribution is -2.32. The van der Waals surface area contributed by atoms with Gasteiger partial charge in [0.25, 0.3) is 0 Å². The smallest absolute Gasteiger partial charge is 0.306 e. The van der Waals surface area contributed by atoms with Gasteiger partial charge in [0.1, 0.15) is 5.78 Å². The summed E-state index contributed by atoms with van der Waals surface area (Å²) in [4.78, 5) is 24.0. The molecule has 0 amide bonds. The van der Waals surface area contributed by atoms with Crippen LogP contribution in [0, 0.1) is 34.5 Å². The van der Waals surface area contributed by atoms with Crippen molar-refractivity contribution in [2.24, 2.45) is 34.5 Å². The van der Waals surface area contributed by atoms with Gasteiger partial charge in [0.15, 0.2) is 0 Å². The van der Waals surface area contributed by atoms with E-state index in [0.717, 1.165) is 19.3 Å². The van der Waals surface area contributed by atoms with Gasteiger partial charge in [0, 0.05) is 11.3 Å². The van der Waals surface area contributed by atoms with Crippen molar-refractivity contribution in [1.82, 2.24) is 0 Å². The summed E-state index contributed by atoms with van der Waals surface area (Å²) in [7, 11) is 0. The first kappa shape index (κ1) is 12.2. The van der Waals surface area contributed by atoms with Gasteiger partial charge in [-0.2, -0.15) is 0 Å². The molecule has 0 radical (unpaired) electrons. The Bertz CT molecular complexity index is 425. The molecule has 0 unspecified atom stereocenters. The molecule has 0 bridgehead atoms. The highest BCUT2D eigenvalue weighted by molar-refractivity contribution is 5.91. The van der Waals surface area contributed by atoms with Crippen LogP contribution < -0.4 is 0 Å². The number of hydrogen-bond acceptors (Lipinski definition) is 2. The fourth-order valence-corrected chi connectivity index (χ4v) is 5.52. The first-order valence-electron chi connectivity index (χ1n) is 7.08. The number of rotatable bonds is 1. The molecule has 3 aliphatic carbocycles. The molecule has 0 heterocycles. The van der Waals surface area contributed by atoms with Crippen LogP contribution in [0.1, 0.15) is 46.5 Å². The Morgan fingerprint density at radius 3 is 2.61 bits per heavy atom. The molecule has 0 aromatic heterocycles. The van der Waals surface area contributed by atoms with E-state index in [1.165, 1.54) is 0 Å². The molecule has 1 N–H and O–H groups in total. The maximum Gasteiger partial charge on any atom is 0.306 e. The summed E-state index contributed by atoms with van der Waals surface area (Å²) in [5.74, 6) is 0.109. The highest BCUT2D eigenvalue weighted by Crippen LogP contribution is 2.70. The topological polar surface area (TPSA) is 54.4 Å². The molecule has 100 valence electrons. The van der Waals surface area contributed by atoms with Crippen LogP contribution in [0.3, 0.4) is 0 Å². The van der Waals surface area contributed by atoms with Crippen LogP contribution in [0.2, 0.25) is 0 Å². The van der Waals surface area contributed by atoms with Gasteiger partial charge in [-0.3, -0.25) is 9.59 Å². The largest absolute Gasteiger partial charge is 0.481 e. The molecule has 3 rings (SSSR count). The zero-order valence-electron chi connectivity index (χ0n) is 11.4. The molecule has 5 atom stereocenters. The van der Waals surface area contributed by atoms with Crippen molar-refractivity contribution in [3.05, 3.63) is 0 Å². The van der Waals surface area contributed by atoms with Crippen molar-refractivity contribution in [1.29, 1.82) is 0 Å². The normalized spacial score (nSPS) is 49.2. The van der Waals surface area contributed by atoms with E-state index in [0.29, 0.717) is 18.1 Å². The number of ketones is 1. The third-order valence-electron chi connectivity index (χ3n) is 6.19. The van der Waals surface area contributed by atoms with Crippen LogP contribution in [0.25, 0.3) is 0 Å². The highest BCUT2D eigenvalue weighted by atomic mass is 16.4. The fourth-order valence-electron chi connectivity index (χ4n) is 5.52. The number of aliphatic carboxylic acids is 1. The highest BCUT2D eigenvalue weighted by Gasteiger charge is 2.69. The summed E-state index contributed by atoms with van der Waals surface area (Å²) in [6.45, 7) is 6.31. The summed E-state index contributed by atoms with van der Waals surface area (Å²) < 4.78 is 0. The second-order valence-corrected chi connectivity index (χ2v) is 7.36. The lowest BCUT2D eigenvalue weighted by molar-refractivity contribution is -0.143. The maximum atomic E-state index is 12.6. The molecule has 3 fully saturated rings. The third-order valence-corrected chi connectivity index (χ3v) is 6.19. The van der Waals surface area contributed by atoms with E-state index in [2.05, 4.69) is 6.92 Å². The van der Waals surface area contributed by atoms with E-state index in [1.54, 1.807) is 0 Å². The monoisotopic (exact) mass is 250 g/mol. The zero-order chi connectivity index (χ0) is 13.3. The molecule has 3 aliphatic rings. The Morgan fingerprint density at radius 1 is 1.33 bits per heavy atom. The second-order valence-electron chi connectivity index (χ2n) is 7.36. The molecule has 3 saturated carbocycles. The summed E-state index contributed by atoms with van der Waals surface area (Å²) in [5, 5.41) is 9.40. The van der Waals surface area contributed by atoms with Crippen molar-refractivity contribution in [3.63, 3.8) is 0 Å². The number of Topliss-reactive ketones (excluding diaryl/α,β-unsaturated/α-hetero) is 1. The van der Waals surface area contributed by atoms with Crippen LogP contribution in [0.5, 0.6) is 0 Å². The Balaban J connectivity index is 2.07. The molecule has 0 aromatic rings. The third kappa shape index (κ3) is 1.20. The van der Waals surface area contributed by atoms with E-state index < -0.39 is 5.97 Å². The van der Waals surface area contributed by atoms with Crippen molar-refractivity contribution in [2.75, 3.05) is 0 Å². The second kappa shape index (κ2) is 3.37. The van der Waals surface area contributed by atoms with Gasteiger partial charge in [-0.15, -0.1) is 0 Å². The van der Waals surface area contributed by atoms with Crippen LogP contribution in [0.15, 0.2) is 0 Å². The van der Waals surface area contributed by atoms with Crippen LogP contribution in [-0.4, -0.2) is 16.9 Å². The minimum atomic E-state index is -0.687. The molecule has 3 nitrogen and oxygen atoms in total. The summed E-state index contributed by atoms with van der Waals surface area (Å²) in [6, 6.07) is 0. The SMILES string of the molecule is C[C@H]1CC[C@H]2[C@H](C(=O)O)C[C@@H]3C(=O)C(C)(C)C[C@]312. The first-order chi connectivity index (χ1) is 8.30. The number of hydrogen-bond donors (Lipinski definition) is 1. The quantitative estimate of drug-likeness (QED) is 0.778. The minimum Gasteiger partial charge on any atom is -0.481 e. The molecular weight excluding hydrogens is 228 g/mol. The maximum absolute atomic E-state index is 12.6. The Kier molecular flexibility index (Phi) is 2.28. The number of carboxylic acid groups (broad SMARTS) is 1. The van der Waals surface area contributed by atoms with Gasteiger partial charge in [-0.05, 0) is 42.9 Å². The van der Waals surface area contributed by atoms with E-state index in [9.17, 15) is 14.7 Å². The molecule has 3 heteroatoms. The van der Waals surface area contributed by atoms with Crippen molar-refractivity contribution in [2.45, 2.75) is 46.5 Å². The zero-order valence-corrected chi connectivity index (χ0v) is 11.4. The molecule has 0 saturated heterocycles. The van der Waals surface area contributed by atoms with Crippen molar-refractivity contribution >= 4 is 11.8 Å². The number of carboxylic acids is 1. The summed E-state index contributed by atoms with van der Waals surface area (Å²) >= 11 is 0. The lowest BCUT2D eigenvalue weighted by Gasteiger charge is -2.35. The molecule has 0 aromatic carbocycles. The van der Waals surface area contributed by atoms with Gasteiger partial charge in [-0.1, -0.05) is 20.8 Å². The Labute approximate surface area is 108 Å². The molecular formula is C15H22O3. The minimum absolute atomic E-state index is 0.00361. The van der Waals surface area contributed by atoms with Crippen LogP contribution in [0.4, 0.5) is 0 Å². The number of carbonyl (C=O) groups is 2. The van der Waals surface area contributed by atoms with Crippen LogP contribution >= 0.6 is 0 Å². The van der Waals surface area contributed by atoms with E-state index in [4.69, 9.17) is 0 Å². The standard InChI is InChI=1S/C15H22O3/c1-8-4-5-10-9(13(17)18)6-11-12(16)14(2,3)7-15(8,10)11/h8-11H,4-7H2,1-3H3,(H,17,18)/t8-,9+,10-,11+,15-/m0/s1.